The molecule has 0 aliphatic rings. The summed E-state index contributed by atoms with van der Waals surface area (Å²) in [4.78, 5) is 35.9. The minimum atomic E-state index is -0.303. The number of hydrogen-bond acceptors (Lipinski definition) is 3. The van der Waals surface area contributed by atoms with Gasteiger partial charge in [-0.15, -0.1) is 0 Å². The summed E-state index contributed by atoms with van der Waals surface area (Å²) in [6.45, 7) is 5.42. The van der Waals surface area contributed by atoms with E-state index in [2.05, 4.69) is 16.0 Å². The Kier molecular flexibility index (Phi) is 7.11. The van der Waals surface area contributed by atoms with Gasteiger partial charge in [0, 0.05) is 35.3 Å². The number of rotatable bonds is 7. The predicted molar refractivity (Wildman–Crippen MR) is 107 cm³/mol. The van der Waals surface area contributed by atoms with Gasteiger partial charge in [0.05, 0.1) is 0 Å². The van der Waals surface area contributed by atoms with Crippen LogP contribution in [-0.4, -0.2) is 23.8 Å². The quantitative estimate of drug-likeness (QED) is 0.701. The summed E-state index contributed by atoms with van der Waals surface area (Å²) in [5.74, 6) is -0.567. The molecule has 0 saturated heterocycles. The first-order valence-electron chi connectivity index (χ1n) is 8.92. The molecule has 0 spiro atoms. The average Bonchev–Trinajstić information content (AvgIpc) is 2.63. The van der Waals surface area contributed by atoms with Gasteiger partial charge in [-0.1, -0.05) is 32.0 Å². The van der Waals surface area contributed by atoms with E-state index in [1.54, 1.807) is 55.5 Å². The Balaban J connectivity index is 1.82. The maximum absolute atomic E-state index is 12.2. The summed E-state index contributed by atoms with van der Waals surface area (Å²) >= 11 is 0. The fourth-order valence-corrected chi connectivity index (χ4v) is 2.36. The van der Waals surface area contributed by atoms with Crippen molar-refractivity contribution in [2.75, 3.05) is 10.6 Å². The van der Waals surface area contributed by atoms with Gasteiger partial charge in [-0.3, -0.25) is 14.4 Å². The van der Waals surface area contributed by atoms with E-state index in [0.717, 1.165) is 0 Å². The minimum absolute atomic E-state index is 0.0604. The van der Waals surface area contributed by atoms with Crippen molar-refractivity contribution in [3.63, 3.8) is 0 Å². The maximum Gasteiger partial charge on any atom is 0.251 e. The molecule has 3 N–H and O–H groups in total. The van der Waals surface area contributed by atoms with Crippen LogP contribution in [0.15, 0.2) is 54.6 Å². The molecule has 1 unspecified atom stereocenters. The van der Waals surface area contributed by atoms with Crippen molar-refractivity contribution < 1.29 is 14.4 Å². The molecule has 2 rings (SSSR count). The van der Waals surface area contributed by atoms with Crippen LogP contribution in [0.4, 0.5) is 11.4 Å². The fraction of sp³-hybridized carbons (Fsp3) is 0.286. The molecule has 0 heterocycles. The highest BCUT2D eigenvalue weighted by Gasteiger charge is 2.13. The molecular weight excluding hydrogens is 342 g/mol. The zero-order valence-electron chi connectivity index (χ0n) is 15.8. The summed E-state index contributed by atoms with van der Waals surface area (Å²) in [5.41, 5.74) is 1.86. The van der Waals surface area contributed by atoms with Crippen LogP contribution in [0.5, 0.6) is 0 Å². The van der Waals surface area contributed by atoms with Crippen LogP contribution in [0.2, 0.25) is 0 Å². The van der Waals surface area contributed by atoms with Crippen LogP contribution < -0.4 is 16.0 Å². The molecule has 6 heteroatoms. The first kappa shape index (κ1) is 20.2. The van der Waals surface area contributed by atoms with E-state index in [1.165, 1.54) is 0 Å². The molecule has 0 saturated carbocycles. The highest BCUT2D eigenvalue weighted by Crippen LogP contribution is 2.15. The van der Waals surface area contributed by atoms with E-state index in [0.29, 0.717) is 16.9 Å². The highest BCUT2D eigenvalue weighted by atomic mass is 16.2. The molecule has 3 amide bonds. The van der Waals surface area contributed by atoms with Crippen molar-refractivity contribution in [2.45, 2.75) is 33.2 Å². The molecule has 0 fully saturated rings. The van der Waals surface area contributed by atoms with Crippen LogP contribution in [0, 0.1) is 5.92 Å². The Hall–Kier alpha value is -3.15. The maximum atomic E-state index is 12.2. The minimum Gasteiger partial charge on any atom is -0.349 e. The zero-order valence-corrected chi connectivity index (χ0v) is 15.8. The van der Waals surface area contributed by atoms with E-state index in [4.69, 9.17) is 0 Å². The summed E-state index contributed by atoms with van der Waals surface area (Å²) in [6, 6.07) is 15.5. The molecule has 6 nitrogen and oxygen atoms in total. The number of amides is 3. The van der Waals surface area contributed by atoms with Crippen molar-refractivity contribution in [3.8, 4) is 0 Å². The molecule has 0 aliphatic heterocycles. The Bertz CT molecular complexity index is 786. The second-order valence-electron chi connectivity index (χ2n) is 6.71. The van der Waals surface area contributed by atoms with Crippen molar-refractivity contribution in [3.05, 3.63) is 60.2 Å². The van der Waals surface area contributed by atoms with Gasteiger partial charge >= 0.3 is 0 Å². The number of nitrogens with one attached hydrogen (secondary N) is 3. The van der Waals surface area contributed by atoms with Gasteiger partial charge in [-0.05, 0) is 43.3 Å². The molecule has 142 valence electrons. The SMILES string of the molecule is CC(CC(=O)Nc1ccc(NC(=O)C(C)C)cc1)NC(=O)c1ccccc1. The third-order valence-corrected chi connectivity index (χ3v) is 3.87. The van der Waals surface area contributed by atoms with Gasteiger partial charge in [-0.2, -0.15) is 0 Å². The molecule has 2 aromatic rings. The van der Waals surface area contributed by atoms with Gasteiger partial charge in [-0.25, -0.2) is 0 Å². The Labute approximate surface area is 159 Å². The lowest BCUT2D eigenvalue weighted by molar-refractivity contribution is -0.119. The van der Waals surface area contributed by atoms with Crippen molar-refractivity contribution >= 4 is 29.1 Å². The second kappa shape index (κ2) is 9.52. The third-order valence-electron chi connectivity index (χ3n) is 3.87. The van der Waals surface area contributed by atoms with Gasteiger partial charge < -0.3 is 16.0 Å². The second-order valence-corrected chi connectivity index (χ2v) is 6.71. The van der Waals surface area contributed by atoms with Crippen molar-refractivity contribution in [2.24, 2.45) is 5.92 Å². The predicted octanol–water partition coefficient (Wildman–Crippen LogP) is 3.43. The molecule has 0 bridgehead atoms. The standard InChI is InChI=1S/C21H25N3O3/c1-14(2)20(26)24-18-11-9-17(10-12-18)23-19(25)13-15(3)22-21(27)16-7-5-4-6-8-16/h4-12,14-15H,13H2,1-3H3,(H,22,27)(H,23,25)(H,24,26). The van der Waals surface area contributed by atoms with Gasteiger partial charge in [0.1, 0.15) is 0 Å². The van der Waals surface area contributed by atoms with E-state index < -0.39 is 0 Å². The summed E-state index contributed by atoms with van der Waals surface area (Å²) in [7, 11) is 0. The topological polar surface area (TPSA) is 87.3 Å². The molecule has 0 radical (unpaired) electrons. The normalized spacial score (nSPS) is 11.6. The molecule has 27 heavy (non-hydrogen) atoms. The summed E-state index contributed by atoms with van der Waals surface area (Å²) in [6.07, 6.45) is 0.157. The largest absolute Gasteiger partial charge is 0.349 e. The molecule has 0 aromatic heterocycles. The van der Waals surface area contributed by atoms with E-state index >= 15 is 0 Å². The number of carbonyl (C=O) groups excluding carboxylic acids is 3. The van der Waals surface area contributed by atoms with E-state index in [9.17, 15) is 14.4 Å². The van der Waals surface area contributed by atoms with Crippen LogP contribution >= 0.6 is 0 Å². The molecular formula is C21H25N3O3. The lowest BCUT2D eigenvalue weighted by Crippen LogP contribution is -2.35. The average molecular weight is 367 g/mol. The number of anilines is 2. The number of carbonyl (C=O) groups is 3. The van der Waals surface area contributed by atoms with Crippen LogP contribution in [-0.2, 0) is 9.59 Å². The Morgan fingerprint density at radius 1 is 0.815 bits per heavy atom. The van der Waals surface area contributed by atoms with E-state index in [1.807, 2.05) is 19.9 Å². The summed E-state index contributed by atoms with van der Waals surface area (Å²) in [5, 5.41) is 8.39. The van der Waals surface area contributed by atoms with Gasteiger partial charge in [0.15, 0.2) is 0 Å². The number of benzene rings is 2. The first-order valence-corrected chi connectivity index (χ1v) is 8.92. The number of hydrogen-bond donors (Lipinski definition) is 3. The zero-order chi connectivity index (χ0) is 19.8. The van der Waals surface area contributed by atoms with Crippen molar-refractivity contribution in [1.82, 2.24) is 5.32 Å². The van der Waals surface area contributed by atoms with Crippen LogP contribution in [0.25, 0.3) is 0 Å². The Morgan fingerprint density at radius 2 is 1.37 bits per heavy atom. The molecule has 1 atom stereocenters. The lowest BCUT2D eigenvalue weighted by Gasteiger charge is -2.14. The molecule has 2 aromatic carbocycles. The third kappa shape index (κ3) is 6.58. The van der Waals surface area contributed by atoms with Crippen LogP contribution in [0.3, 0.4) is 0 Å². The lowest BCUT2D eigenvalue weighted by atomic mass is 10.1. The molecule has 0 aliphatic carbocycles. The smallest absolute Gasteiger partial charge is 0.251 e. The van der Waals surface area contributed by atoms with Crippen LogP contribution in [0.1, 0.15) is 37.6 Å². The van der Waals surface area contributed by atoms with Crippen molar-refractivity contribution in [1.29, 1.82) is 0 Å². The summed E-state index contributed by atoms with van der Waals surface area (Å²) < 4.78 is 0. The highest BCUT2D eigenvalue weighted by molar-refractivity contribution is 5.96. The monoisotopic (exact) mass is 367 g/mol. The van der Waals surface area contributed by atoms with Gasteiger partial charge in [0.25, 0.3) is 5.91 Å². The van der Waals surface area contributed by atoms with E-state index in [-0.39, 0.29) is 36.1 Å². The first-order chi connectivity index (χ1) is 12.8. The fourth-order valence-electron chi connectivity index (χ4n) is 2.36. The Morgan fingerprint density at radius 3 is 1.93 bits per heavy atom. The van der Waals surface area contributed by atoms with Gasteiger partial charge in [0.2, 0.25) is 11.8 Å².